The van der Waals surface area contributed by atoms with E-state index in [1.54, 1.807) is 0 Å². The number of nitriles is 2. The number of nitrogens with zero attached hydrogens (tertiary/aromatic N) is 2. The molecule has 0 aromatic heterocycles. The summed E-state index contributed by atoms with van der Waals surface area (Å²) in [5.41, 5.74) is -2.14. The monoisotopic (exact) mass is 464 g/mol. The number of rotatable bonds is 4. The molecule has 33 heavy (non-hydrogen) atoms. The van der Waals surface area contributed by atoms with Gasteiger partial charge in [-0.15, -0.1) is 0 Å². The Morgan fingerprint density at radius 3 is 1.70 bits per heavy atom. The maximum Gasteiger partial charge on any atom is 0.184 e. The lowest BCUT2D eigenvalue weighted by Gasteiger charge is -2.36. The minimum absolute atomic E-state index is 0.0660. The first-order valence-electron chi connectivity index (χ1n) is 10.7. The van der Waals surface area contributed by atoms with Crippen molar-refractivity contribution in [2.45, 2.75) is 63.5 Å². The molecule has 0 radical (unpaired) electrons. The molecule has 176 valence electrons. The van der Waals surface area contributed by atoms with Crippen LogP contribution in [-0.4, -0.2) is 11.1 Å². The molecule has 0 spiro atoms. The summed E-state index contributed by atoms with van der Waals surface area (Å²) in [6.07, 6.45) is 4.15. The van der Waals surface area contributed by atoms with Crippen LogP contribution in [0.25, 0.3) is 0 Å². The van der Waals surface area contributed by atoms with Crippen LogP contribution in [0.4, 0.5) is 33.3 Å². The first-order valence-corrected chi connectivity index (χ1v) is 10.7. The molecule has 4 rings (SSSR count). The quantitative estimate of drug-likeness (QED) is 0.385. The number of hydrogen-bond donors (Lipinski definition) is 2. The van der Waals surface area contributed by atoms with E-state index in [-0.39, 0.29) is 5.69 Å². The van der Waals surface area contributed by atoms with Crippen molar-refractivity contribution >= 4 is 11.4 Å². The van der Waals surface area contributed by atoms with Crippen LogP contribution >= 0.6 is 0 Å². The average Bonchev–Trinajstić information content (AvgIpc) is 2.77. The molecule has 2 aromatic carbocycles. The van der Waals surface area contributed by atoms with Crippen molar-refractivity contribution in [3.05, 3.63) is 59.4 Å². The van der Waals surface area contributed by atoms with Gasteiger partial charge in [0.25, 0.3) is 0 Å². The Hall–Kier alpha value is -3.33. The summed E-state index contributed by atoms with van der Waals surface area (Å²) < 4.78 is 65.6. The third-order valence-corrected chi connectivity index (χ3v) is 5.55. The van der Waals surface area contributed by atoms with E-state index in [0.29, 0.717) is 25.7 Å². The number of halogens is 5. The van der Waals surface area contributed by atoms with E-state index in [4.69, 9.17) is 10.5 Å². The minimum atomic E-state index is -1.28. The van der Waals surface area contributed by atoms with Gasteiger partial charge in [-0.25, -0.2) is 22.0 Å². The van der Waals surface area contributed by atoms with Crippen LogP contribution in [0.15, 0.2) is 30.3 Å². The third-order valence-electron chi connectivity index (χ3n) is 5.55. The first kappa shape index (κ1) is 25.9. The second-order valence-electron chi connectivity index (χ2n) is 7.69. The zero-order chi connectivity index (χ0) is 24.6. The predicted octanol–water partition coefficient (Wildman–Crippen LogP) is 6.81. The zero-order valence-corrected chi connectivity index (χ0v) is 18.4. The molecule has 2 aliphatic rings. The van der Waals surface area contributed by atoms with E-state index >= 15 is 0 Å². The van der Waals surface area contributed by atoms with Gasteiger partial charge in [-0.2, -0.15) is 10.5 Å². The van der Waals surface area contributed by atoms with Gasteiger partial charge in [0.05, 0.1) is 17.8 Å². The molecule has 0 saturated heterocycles. The van der Waals surface area contributed by atoms with E-state index in [1.165, 1.54) is 0 Å². The van der Waals surface area contributed by atoms with Gasteiger partial charge < -0.3 is 10.6 Å². The standard InChI is InChI=1S/C11H9F3N2.C11H10F2N2.C2H6/c12-7-2-3-8(13)10(9(7)14)16-11(6-15)4-1-5-11;12-8-2-3-9(13)10(6-8)15-11(7-14)4-1-5-11;1-2/h2-3,16H,1,4-5H2;2-3,6,15H,1,4-5H2;1-2H3. The summed E-state index contributed by atoms with van der Waals surface area (Å²) in [6, 6.07) is 8.82. The lowest BCUT2D eigenvalue weighted by molar-refractivity contribution is 0.352. The van der Waals surface area contributed by atoms with Crippen molar-refractivity contribution < 1.29 is 22.0 Å². The summed E-state index contributed by atoms with van der Waals surface area (Å²) in [7, 11) is 0. The van der Waals surface area contributed by atoms with Gasteiger partial charge in [0.15, 0.2) is 11.6 Å². The van der Waals surface area contributed by atoms with Crippen molar-refractivity contribution in [1.82, 2.24) is 0 Å². The Bertz CT molecular complexity index is 1050. The zero-order valence-electron chi connectivity index (χ0n) is 18.4. The van der Waals surface area contributed by atoms with Gasteiger partial charge >= 0.3 is 0 Å². The Morgan fingerprint density at radius 2 is 1.21 bits per heavy atom. The Kier molecular flexibility index (Phi) is 8.64. The second kappa shape index (κ2) is 11.0. The summed E-state index contributed by atoms with van der Waals surface area (Å²) in [4.78, 5) is 0. The molecule has 9 heteroatoms. The van der Waals surface area contributed by atoms with Crippen LogP contribution in [0.5, 0.6) is 0 Å². The SMILES string of the molecule is CC.N#CC1(Nc2c(F)ccc(F)c2F)CCC1.N#CC1(Nc2cc(F)ccc2F)CCC1. The fourth-order valence-electron chi connectivity index (χ4n) is 3.32. The molecule has 0 aliphatic heterocycles. The minimum Gasteiger partial charge on any atom is -0.365 e. The van der Waals surface area contributed by atoms with Crippen LogP contribution in [-0.2, 0) is 0 Å². The Balaban J connectivity index is 0.000000218. The van der Waals surface area contributed by atoms with Gasteiger partial charge in [0, 0.05) is 0 Å². The molecule has 0 unspecified atom stereocenters. The van der Waals surface area contributed by atoms with Crippen molar-refractivity contribution in [3.8, 4) is 12.1 Å². The van der Waals surface area contributed by atoms with Crippen LogP contribution in [0, 0.1) is 51.7 Å². The van der Waals surface area contributed by atoms with Gasteiger partial charge in [-0.1, -0.05) is 13.8 Å². The van der Waals surface area contributed by atoms with E-state index in [1.807, 2.05) is 19.9 Å². The molecule has 4 nitrogen and oxygen atoms in total. The van der Waals surface area contributed by atoms with E-state index in [2.05, 4.69) is 16.7 Å². The van der Waals surface area contributed by atoms with Crippen LogP contribution < -0.4 is 10.6 Å². The average molecular weight is 464 g/mol. The van der Waals surface area contributed by atoms with Crippen LogP contribution in [0.1, 0.15) is 52.4 Å². The number of nitrogens with one attached hydrogen (secondary N) is 2. The third kappa shape index (κ3) is 5.92. The van der Waals surface area contributed by atoms with Crippen molar-refractivity contribution in [3.63, 3.8) is 0 Å². The molecule has 0 heterocycles. The van der Waals surface area contributed by atoms with Crippen LogP contribution in [0.2, 0.25) is 0 Å². The predicted molar refractivity (Wildman–Crippen MR) is 116 cm³/mol. The highest BCUT2D eigenvalue weighted by atomic mass is 19.2. The van der Waals surface area contributed by atoms with Gasteiger partial charge in [-0.05, 0) is 68.9 Å². The molecule has 2 aromatic rings. The topological polar surface area (TPSA) is 71.6 Å². The Labute approximate surface area is 190 Å². The lowest BCUT2D eigenvalue weighted by Crippen LogP contribution is -2.44. The van der Waals surface area contributed by atoms with Crippen LogP contribution in [0.3, 0.4) is 0 Å². The van der Waals surface area contributed by atoms with E-state index < -0.39 is 45.9 Å². The summed E-state index contributed by atoms with van der Waals surface area (Å²) in [6.45, 7) is 4.00. The van der Waals surface area contributed by atoms with Crippen molar-refractivity contribution in [1.29, 1.82) is 10.5 Å². The number of anilines is 2. The van der Waals surface area contributed by atoms with Gasteiger partial charge in [0.2, 0.25) is 0 Å². The molecular weight excluding hydrogens is 439 g/mol. The number of hydrogen-bond acceptors (Lipinski definition) is 4. The molecule has 0 bridgehead atoms. The lowest BCUT2D eigenvalue weighted by atomic mass is 9.78. The number of benzene rings is 2. The maximum atomic E-state index is 13.3. The highest BCUT2D eigenvalue weighted by Gasteiger charge is 2.39. The molecule has 2 N–H and O–H groups in total. The summed E-state index contributed by atoms with van der Waals surface area (Å²) in [5.74, 6) is -4.33. The fourth-order valence-corrected chi connectivity index (χ4v) is 3.32. The van der Waals surface area contributed by atoms with E-state index in [0.717, 1.165) is 43.2 Å². The van der Waals surface area contributed by atoms with Crippen molar-refractivity contribution in [2.24, 2.45) is 0 Å². The fraction of sp³-hybridized carbons (Fsp3) is 0.417. The van der Waals surface area contributed by atoms with Gasteiger partial charge in [-0.3, -0.25) is 0 Å². The molecule has 0 atom stereocenters. The molecule has 2 fully saturated rings. The van der Waals surface area contributed by atoms with E-state index in [9.17, 15) is 22.0 Å². The highest BCUT2D eigenvalue weighted by Crippen LogP contribution is 2.37. The summed E-state index contributed by atoms with van der Waals surface area (Å²) >= 11 is 0. The second-order valence-corrected chi connectivity index (χ2v) is 7.69. The largest absolute Gasteiger partial charge is 0.365 e. The van der Waals surface area contributed by atoms with Gasteiger partial charge in [0.1, 0.15) is 34.2 Å². The molecule has 0 amide bonds. The molecule has 2 aliphatic carbocycles. The van der Waals surface area contributed by atoms with Crippen molar-refractivity contribution in [2.75, 3.05) is 10.6 Å². The first-order chi connectivity index (χ1) is 15.7. The normalized spacial score (nSPS) is 16.6. The smallest absolute Gasteiger partial charge is 0.184 e. The molecular formula is C24H25F5N4. The highest BCUT2D eigenvalue weighted by molar-refractivity contribution is 5.52. The molecule has 2 saturated carbocycles. The maximum absolute atomic E-state index is 13.3. The summed E-state index contributed by atoms with van der Waals surface area (Å²) in [5, 5.41) is 23.1. The Morgan fingerprint density at radius 1 is 0.727 bits per heavy atom.